The Kier molecular flexibility index (Phi) is 5.20. The summed E-state index contributed by atoms with van der Waals surface area (Å²) >= 11 is 0. The van der Waals surface area contributed by atoms with Gasteiger partial charge in [-0.05, 0) is 36.6 Å². The summed E-state index contributed by atoms with van der Waals surface area (Å²) in [4.78, 5) is 15.9. The number of benzene rings is 1. The molecule has 1 aliphatic heterocycles. The van der Waals surface area contributed by atoms with Crippen LogP contribution in [0.5, 0.6) is 5.75 Å². The lowest BCUT2D eigenvalue weighted by atomic mass is 10.00. The second kappa shape index (κ2) is 7.30. The second-order valence-corrected chi connectivity index (χ2v) is 7.46. The molecule has 0 radical (unpaired) electrons. The van der Waals surface area contributed by atoms with Crippen LogP contribution in [-0.2, 0) is 21.3 Å². The van der Waals surface area contributed by atoms with Crippen molar-refractivity contribution in [3.63, 3.8) is 0 Å². The molecule has 0 spiro atoms. The van der Waals surface area contributed by atoms with Crippen LogP contribution >= 0.6 is 0 Å². The fourth-order valence-electron chi connectivity index (χ4n) is 2.70. The van der Waals surface area contributed by atoms with Gasteiger partial charge >= 0.3 is 21.6 Å². The van der Waals surface area contributed by atoms with Crippen molar-refractivity contribution in [2.75, 3.05) is 19.0 Å². The van der Waals surface area contributed by atoms with Gasteiger partial charge in [-0.1, -0.05) is 12.1 Å². The zero-order valence-corrected chi connectivity index (χ0v) is 15.4. The Balaban J connectivity index is 2.03. The summed E-state index contributed by atoms with van der Waals surface area (Å²) in [5.74, 6) is -2.01. The number of carbonyl (C=O) groups is 1. The first-order chi connectivity index (χ1) is 13.1. The van der Waals surface area contributed by atoms with Gasteiger partial charge in [0.25, 0.3) is 0 Å². The minimum Gasteiger partial charge on any atom is -0.464 e. The first-order valence-corrected chi connectivity index (χ1v) is 9.50. The molecule has 0 bridgehead atoms. The molecule has 2 aromatic rings. The fraction of sp³-hybridized carbons (Fsp3) is 0.294. The molecule has 0 unspecified atom stereocenters. The van der Waals surface area contributed by atoms with E-state index < -0.39 is 33.0 Å². The number of nitrogens with one attached hydrogen (secondary N) is 1. The molecule has 0 aliphatic carbocycles. The molecule has 7 nitrogen and oxygen atoms in total. The number of aryl methyl sites for hydroxylation is 1. The van der Waals surface area contributed by atoms with Crippen molar-refractivity contribution >= 4 is 21.8 Å². The lowest BCUT2D eigenvalue weighted by Crippen LogP contribution is -2.28. The summed E-state index contributed by atoms with van der Waals surface area (Å²) in [5, 5.41) is 3.23. The van der Waals surface area contributed by atoms with Gasteiger partial charge in [0, 0.05) is 17.8 Å². The number of nitrogens with zero attached hydrogens (tertiary/aromatic N) is 1. The van der Waals surface area contributed by atoms with Crippen molar-refractivity contribution in [1.29, 1.82) is 0 Å². The maximum absolute atomic E-state index is 12.6. The van der Waals surface area contributed by atoms with Crippen molar-refractivity contribution in [1.82, 2.24) is 4.98 Å². The van der Waals surface area contributed by atoms with Crippen LogP contribution in [0.15, 0.2) is 30.3 Å². The number of aromatic nitrogens is 1. The number of esters is 1. The average molecular weight is 416 g/mol. The highest BCUT2D eigenvalue weighted by molar-refractivity contribution is 7.88. The summed E-state index contributed by atoms with van der Waals surface area (Å²) in [5.41, 5.74) is -3.50. The minimum atomic E-state index is -5.96. The Bertz CT molecular complexity index is 1020. The quantitative estimate of drug-likeness (QED) is 0.465. The van der Waals surface area contributed by atoms with E-state index in [9.17, 15) is 26.4 Å². The second-order valence-electron chi connectivity index (χ2n) is 5.92. The number of anilines is 1. The molecule has 0 saturated carbocycles. The van der Waals surface area contributed by atoms with Crippen LogP contribution in [0.1, 0.15) is 22.5 Å². The molecular weight excluding hydrogens is 401 g/mol. The van der Waals surface area contributed by atoms with E-state index in [0.717, 1.165) is 43.8 Å². The third-order valence-electron chi connectivity index (χ3n) is 4.06. The Hall–Kier alpha value is -2.82. The summed E-state index contributed by atoms with van der Waals surface area (Å²) in [6, 6.07) is 7.63. The van der Waals surface area contributed by atoms with Gasteiger partial charge in [-0.3, -0.25) is 0 Å². The van der Waals surface area contributed by atoms with E-state index in [1.165, 1.54) is 6.07 Å². The van der Waals surface area contributed by atoms with Gasteiger partial charge in [0.2, 0.25) is 0 Å². The maximum atomic E-state index is 12.6. The number of hydrogen-bond acceptors (Lipinski definition) is 7. The SMILES string of the molecule is COC(=O)c1nc(-c2ccc3c(c2)NCCC3)ccc1OS(=O)(=O)C(F)(F)F. The van der Waals surface area contributed by atoms with E-state index in [1.54, 1.807) is 12.1 Å². The van der Waals surface area contributed by atoms with Gasteiger partial charge < -0.3 is 14.2 Å². The molecule has 1 aliphatic rings. The predicted molar refractivity (Wildman–Crippen MR) is 93.4 cm³/mol. The van der Waals surface area contributed by atoms with Gasteiger partial charge in [0.05, 0.1) is 12.8 Å². The monoisotopic (exact) mass is 416 g/mol. The van der Waals surface area contributed by atoms with E-state index >= 15 is 0 Å². The molecule has 0 fully saturated rings. The Morgan fingerprint density at radius 3 is 2.64 bits per heavy atom. The molecule has 1 aromatic heterocycles. The summed E-state index contributed by atoms with van der Waals surface area (Å²) < 4.78 is 68.8. The largest absolute Gasteiger partial charge is 0.534 e. The topological polar surface area (TPSA) is 94.6 Å². The third kappa shape index (κ3) is 3.88. The molecule has 0 saturated heterocycles. The van der Waals surface area contributed by atoms with Gasteiger partial charge in [-0.15, -0.1) is 0 Å². The van der Waals surface area contributed by atoms with E-state index in [-0.39, 0.29) is 5.69 Å². The highest BCUT2D eigenvalue weighted by Gasteiger charge is 2.49. The first-order valence-electron chi connectivity index (χ1n) is 8.09. The fourth-order valence-corrected chi connectivity index (χ4v) is 3.17. The van der Waals surface area contributed by atoms with Crippen LogP contribution in [0.25, 0.3) is 11.3 Å². The van der Waals surface area contributed by atoms with Crippen LogP contribution in [0, 0.1) is 0 Å². The standard InChI is InChI=1S/C17H15F3N2O5S/c1-26-16(23)15-14(27-28(24,25)17(18,19)20)7-6-12(22-15)11-5-4-10-3-2-8-21-13(10)9-11/h4-7,9,21H,2-3,8H2,1H3. The lowest BCUT2D eigenvalue weighted by Gasteiger charge is -2.19. The minimum absolute atomic E-state index is 0.243. The van der Waals surface area contributed by atoms with Crippen LogP contribution in [0.4, 0.5) is 18.9 Å². The molecule has 0 atom stereocenters. The summed E-state index contributed by atoms with van der Waals surface area (Å²) in [6.07, 6.45) is 1.91. The average Bonchev–Trinajstić information content (AvgIpc) is 2.66. The Morgan fingerprint density at radius 1 is 1.21 bits per heavy atom. The Labute approximate surface area is 158 Å². The predicted octanol–water partition coefficient (Wildman–Crippen LogP) is 3.12. The normalized spacial score (nSPS) is 14.0. The third-order valence-corrected chi connectivity index (χ3v) is 5.03. The van der Waals surface area contributed by atoms with E-state index in [2.05, 4.69) is 19.2 Å². The van der Waals surface area contributed by atoms with Crippen molar-refractivity contribution in [2.24, 2.45) is 0 Å². The lowest BCUT2D eigenvalue weighted by molar-refractivity contribution is -0.0500. The van der Waals surface area contributed by atoms with Crippen LogP contribution < -0.4 is 9.50 Å². The van der Waals surface area contributed by atoms with Crippen LogP contribution in [0.2, 0.25) is 0 Å². The number of fused-ring (bicyclic) bond motifs is 1. The number of hydrogen-bond donors (Lipinski definition) is 1. The molecule has 0 amide bonds. The van der Waals surface area contributed by atoms with Crippen molar-refractivity contribution in [2.45, 2.75) is 18.3 Å². The van der Waals surface area contributed by atoms with Crippen molar-refractivity contribution in [3.05, 3.63) is 41.6 Å². The van der Waals surface area contributed by atoms with Crippen molar-refractivity contribution in [3.8, 4) is 17.0 Å². The van der Waals surface area contributed by atoms with Gasteiger partial charge in [0.1, 0.15) is 0 Å². The number of carbonyl (C=O) groups excluding carboxylic acids is 1. The molecule has 1 aromatic carbocycles. The van der Waals surface area contributed by atoms with Gasteiger partial charge in [0.15, 0.2) is 11.4 Å². The number of ether oxygens (including phenoxy) is 1. The summed E-state index contributed by atoms with van der Waals surface area (Å²) in [7, 11) is -4.97. The zero-order chi connectivity index (χ0) is 20.5. The highest BCUT2D eigenvalue weighted by Crippen LogP contribution is 2.32. The molecule has 2 heterocycles. The molecule has 3 rings (SSSR count). The number of halogens is 3. The molecular formula is C17H15F3N2O5S. The number of methoxy groups -OCH3 is 1. The van der Waals surface area contributed by atoms with E-state index in [4.69, 9.17) is 0 Å². The summed E-state index contributed by atoms with van der Waals surface area (Å²) in [6.45, 7) is 0.805. The number of rotatable bonds is 4. The van der Waals surface area contributed by atoms with Crippen LogP contribution in [-0.4, -0.2) is 38.5 Å². The molecule has 28 heavy (non-hydrogen) atoms. The maximum Gasteiger partial charge on any atom is 0.534 e. The smallest absolute Gasteiger partial charge is 0.464 e. The zero-order valence-electron chi connectivity index (χ0n) is 14.5. The van der Waals surface area contributed by atoms with Gasteiger partial charge in [-0.2, -0.15) is 21.6 Å². The molecule has 1 N–H and O–H groups in total. The Morgan fingerprint density at radius 2 is 1.96 bits per heavy atom. The van der Waals surface area contributed by atoms with Gasteiger partial charge in [-0.25, -0.2) is 9.78 Å². The number of pyridine rings is 1. The van der Waals surface area contributed by atoms with Crippen molar-refractivity contribution < 1.29 is 35.3 Å². The first kappa shape index (κ1) is 19.9. The van der Waals surface area contributed by atoms with E-state index in [0.29, 0.717) is 5.56 Å². The molecule has 150 valence electrons. The highest BCUT2D eigenvalue weighted by atomic mass is 32.2. The number of alkyl halides is 3. The molecule has 11 heteroatoms. The van der Waals surface area contributed by atoms with Crippen LogP contribution in [0.3, 0.4) is 0 Å². The van der Waals surface area contributed by atoms with E-state index in [1.807, 2.05) is 6.07 Å².